The molecule has 2 rings (SSSR count). The predicted molar refractivity (Wildman–Crippen MR) is 92.6 cm³/mol. The number of hydrogen-bond donors (Lipinski definition) is 0. The summed E-state index contributed by atoms with van der Waals surface area (Å²) in [6, 6.07) is 8.85. The Morgan fingerprint density at radius 2 is 1.20 bits per heavy atom. The average Bonchev–Trinajstić information content (AvgIpc) is 2.62. The van der Waals surface area contributed by atoms with Crippen molar-refractivity contribution in [2.45, 2.75) is 0 Å². The van der Waals surface area contributed by atoms with Crippen LogP contribution in [0.4, 0.5) is 0 Å². The van der Waals surface area contributed by atoms with Gasteiger partial charge < -0.3 is 18.8 Å². The lowest BCUT2D eigenvalue weighted by Gasteiger charge is -2.12. The summed E-state index contributed by atoms with van der Waals surface area (Å²) < 4.78 is 20.0. The van der Waals surface area contributed by atoms with Gasteiger partial charge in [0.15, 0.2) is 0 Å². The zero-order chi connectivity index (χ0) is 18.4. The van der Waals surface area contributed by atoms with Crippen LogP contribution in [0.1, 0.15) is 20.7 Å². The van der Waals surface area contributed by atoms with Crippen LogP contribution in [0.5, 0.6) is 11.5 Å². The molecule has 0 aliphatic heterocycles. The standard InChI is InChI=1S/C16H12BCl2O6/c1-22-15(20)11-7-9(18)3-5-13(11)24-17-25-14-6-4-10(19)8-12(14)16(21)23-2/h3-8H,1-2H3. The molecule has 0 bridgehead atoms. The zero-order valence-corrected chi connectivity index (χ0v) is 14.8. The fourth-order valence-electron chi connectivity index (χ4n) is 1.88. The van der Waals surface area contributed by atoms with Crippen molar-refractivity contribution in [2.24, 2.45) is 0 Å². The first kappa shape index (κ1) is 19.0. The molecule has 2 aromatic rings. The number of halogens is 2. The molecule has 2 aromatic carbocycles. The van der Waals surface area contributed by atoms with Gasteiger partial charge in [-0.3, -0.25) is 0 Å². The minimum atomic E-state index is -0.618. The second-order valence-corrected chi connectivity index (χ2v) is 5.47. The van der Waals surface area contributed by atoms with Gasteiger partial charge in [-0.25, -0.2) is 9.59 Å². The highest BCUT2D eigenvalue weighted by Crippen LogP contribution is 2.25. The molecular formula is C16H12BCl2O6. The van der Waals surface area contributed by atoms with Crippen LogP contribution in [-0.4, -0.2) is 33.8 Å². The number of rotatable bonds is 6. The van der Waals surface area contributed by atoms with Crippen LogP contribution in [-0.2, 0) is 9.47 Å². The van der Waals surface area contributed by atoms with E-state index in [1.54, 1.807) is 12.1 Å². The minimum Gasteiger partial charge on any atom is -0.526 e. The van der Waals surface area contributed by atoms with Crippen molar-refractivity contribution >= 4 is 42.8 Å². The lowest BCUT2D eigenvalue weighted by atomic mass is 10.1. The number of esters is 2. The molecule has 0 aliphatic carbocycles. The summed E-state index contributed by atoms with van der Waals surface area (Å²) in [4.78, 5) is 23.5. The summed E-state index contributed by atoms with van der Waals surface area (Å²) in [6.45, 7) is 0. The van der Waals surface area contributed by atoms with E-state index >= 15 is 0 Å². The maximum Gasteiger partial charge on any atom is 0.658 e. The van der Waals surface area contributed by atoms with Gasteiger partial charge in [-0.15, -0.1) is 0 Å². The van der Waals surface area contributed by atoms with Gasteiger partial charge >= 0.3 is 19.6 Å². The molecule has 0 aliphatic rings. The topological polar surface area (TPSA) is 71.1 Å². The zero-order valence-electron chi connectivity index (χ0n) is 13.2. The van der Waals surface area contributed by atoms with Gasteiger partial charge in [0, 0.05) is 10.0 Å². The summed E-state index contributed by atoms with van der Waals surface area (Å²) in [5.41, 5.74) is 0.248. The highest BCUT2D eigenvalue weighted by Gasteiger charge is 2.18. The highest BCUT2D eigenvalue weighted by molar-refractivity contribution is 6.31. The molecule has 0 aromatic heterocycles. The summed E-state index contributed by atoms with van der Waals surface area (Å²) in [5, 5.41) is 0.693. The van der Waals surface area contributed by atoms with Crippen molar-refractivity contribution in [3.8, 4) is 11.5 Å². The molecule has 0 heterocycles. The van der Waals surface area contributed by atoms with E-state index in [4.69, 9.17) is 32.5 Å². The molecule has 0 spiro atoms. The Balaban J connectivity index is 2.14. The number of methoxy groups -OCH3 is 2. The molecule has 0 amide bonds. The van der Waals surface area contributed by atoms with Gasteiger partial charge in [0.2, 0.25) is 0 Å². The molecule has 0 saturated carbocycles. The quantitative estimate of drug-likeness (QED) is 0.562. The van der Waals surface area contributed by atoms with Crippen LogP contribution >= 0.6 is 23.2 Å². The van der Waals surface area contributed by atoms with Crippen molar-refractivity contribution in [1.29, 1.82) is 0 Å². The predicted octanol–water partition coefficient (Wildman–Crippen LogP) is 3.56. The number of carbonyl (C=O) groups excluding carboxylic acids is 2. The molecule has 0 N–H and O–H groups in total. The number of benzene rings is 2. The Morgan fingerprint density at radius 1 is 0.800 bits per heavy atom. The number of hydrogen-bond acceptors (Lipinski definition) is 6. The second kappa shape index (κ2) is 8.64. The van der Waals surface area contributed by atoms with Crippen LogP contribution in [0, 0.1) is 0 Å². The van der Waals surface area contributed by atoms with Crippen LogP contribution in [0.3, 0.4) is 0 Å². The maximum absolute atomic E-state index is 11.7. The first-order valence-electron chi connectivity index (χ1n) is 6.87. The Morgan fingerprint density at radius 3 is 1.56 bits per heavy atom. The van der Waals surface area contributed by atoms with Crippen molar-refractivity contribution in [3.05, 3.63) is 57.6 Å². The molecule has 6 nitrogen and oxygen atoms in total. The maximum atomic E-state index is 11.7. The first-order chi connectivity index (χ1) is 12.0. The number of ether oxygens (including phenoxy) is 2. The van der Waals surface area contributed by atoms with E-state index in [0.717, 1.165) is 7.69 Å². The minimum absolute atomic E-state index is 0.124. The summed E-state index contributed by atoms with van der Waals surface area (Å²) in [7, 11) is 3.44. The van der Waals surface area contributed by atoms with E-state index in [1.165, 1.54) is 38.5 Å². The Kier molecular flexibility index (Phi) is 6.55. The molecule has 9 heteroatoms. The lowest BCUT2D eigenvalue weighted by molar-refractivity contribution is 0.0590. The van der Waals surface area contributed by atoms with Crippen LogP contribution in [0.2, 0.25) is 10.0 Å². The van der Waals surface area contributed by atoms with Gasteiger partial charge in [-0.05, 0) is 36.4 Å². The summed E-state index contributed by atoms with van der Waals surface area (Å²) in [6.07, 6.45) is 0. The van der Waals surface area contributed by atoms with Crippen molar-refractivity contribution in [1.82, 2.24) is 0 Å². The number of carbonyl (C=O) groups is 2. The average molecular weight is 382 g/mol. The van der Waals surface area contributed by atoms with Gasteiger partial charge in [0.25, 0.3) is 0 Å². The smallest absolute Gasteiger partial charge is 0.526 e. The second-order valence-electron chi connectivity index (χ2n) is 4.60. The third kappa shape index (κ3) is 4.81. The van der Waals surface area contributed by atoms with Crippen LogP contribution < -0.4 is 9.31 Å². The largest absolute Gasteiger partial charge is 0.658 e. The molecule has 1 radical (unpaired) electrons. The van der Waals surface area contributed by atoms with E-state index in [0.29, 0.717) is 10.0 Å². The normalized spacial score (nSPS) is 9.92. The SMILES string of the molecule is COC(=O)c1cc(Cl)ccc1O[B]Oc1ccc(Cl)cc1C(=O)OC. The molecule has 25 heavy (non-hydrogen) atoms. The van der Waals surface area contributed by atoms with Gasteiger partial charge in [-0.1, -0.05) is 23.2 Å². The van der Waals surface area contributed by atoms with E-state index in [1.807, 2.05) is 0 Å². The van der Waals surface area contributed by atoms with Gasteiger partial charge in [0.05, 0.1) is 14.2 Å². The molecule has 0 atom stereocenters. The third-order valence-electron chi connectivity index (χ3n) is 3.04. The molecule has 0 fully saturated rings. The van der Waals surface area contributed by atoms with E-state index < -0.39 is 11.9 Å². The highest BCUT2D eigenvalue weighted by atomic mass is 35.5. The van der Waals surface area contributed by atoms with Crippen LogP contribution in [0.25, 0.3) is 0 Å². The van der Waals surface area contributed by atoms with Crippen molar-refractivity contribution in [2.75, 3.05) is 14.2 Å². The third-order valence-corrected chi connectivity index (χ3v) is 3.51. The Hall–Kier alpha value is -2.38. The fraction of sp³-hybridized carbons (Fsp3) is 0.125. The van der Waals surface area contributed by atoms with E-state index in [9.17, 15) is 9.59 Å². The molecular weight excluding hydrogens is 370 g/mol. The van der Waals surface area contributed by atoms with E-state index in [2.05, 4.69) is 9.47 Å². The Bertz CT molecular complexity index is 731. The van der Waals surface area contributed by atoms with Crippen LogP contribution in [0.15, 0.2) is 36.4 Å². The Labute approximate surface area is 154 Å². The van der Waals surface area contributed by atoms with Crippen molar-refractivity contribution < 1.29 is 28.4 Å². The molecule has 129 valence electrons. The monoisotopic (exact) mass is 381 g/mol. The first-order valence-corrected chi connectivity index (χ1v) is 7.62. The van der Waals surface area contributed by atoms with E-state index in [-0.39, 0.29) is 22.6 Å². The molecule has 0 saturated heterocycles. The summed E-state index contributed by atoms with van der Waals surface area (Å²) in [5.74, 6) is -0.894. The van der Waals surface area contributed by atoms with Gasteiger partial charge in [0.1, 0.15) is 22.6 Å². The lowest BCUT2D eigenvalue weighted by Crippen LogP contribution is -2.16. The molecule has 0 unspecified atom stereocenters. The van der Waals surface area contributed by atoms with Crippen molar-refractivity contribution in [3.63, 3.8) is 0 Å². The van der Waals surface area contributed by atoms with Gasteiger partial charge in [-0.2, -0.15) is 0 Å². The fourth-order valence-corrected chi connectivity index (χ4v) is 2.22. The summed E-state index contributed by atoms with van der Waals surface area (Å²) >= 11 is 11.7.